The van der Waals surface area contributed by atoms with E-state index in [1.54, 1.807) is 0 Å². The summed E-state index contributed by atoms with van der Waals surface area (Å²) in [6, 6.07) is 10.7. The standard InChI is InChI=1S/C24H30N2O2/c1-16-6-7-20-21(12-16)28-11-5-10-26(20)19-13-17(2)23(18(3)14-19)25-22(27)15-24(4)8-9-24/h6-7,12-14H,5,8-11,15H2,1-4H3,(H,25,27). The highest BCUT2D eigenvalue weighted by Gasteiger charge is 2.39. The molecule has 4 nitrogen and oxygen atoms in total. The van der Waals surface area contributed by atoms with Crippen LogP contribution in [0.15, 0.2) is 30.3 Å². The van der Waals surface area contributed by atoms with Crippen LogP contribution in [0.5, 0.6) is 5.75 Å². The molecule has 1 amide bonds. The van der Waals surface area contributed by atoms with E-state index in [2.05, 4.69) is 68.2 Å². The maximum atomic E-state index is 12.5. The number of amides is 1. The zero-order chi connectivity index (χ0) is 19.9. The number of rotatable bonds is 4. The number of anilines is 3. The van der Waals surface area contributed by atoms with E-state index >= 15 is 0 Å². The second-order valence-corrected chi connectivity index (χ2v) is 8.82. The minimum absolute atomic E-state index is 0.128. The highest BCUT2D eigenvalue weighted by molar-refractivity contribution is 5.93. The molecule has 2 aromatic rings. The topological polar surface area (TPSA) is 41.6 Å². The van der Waals surface area contributed by atoms with Gasteiger partial charge in [-0.15, -0.1) is 0 Å². The van der Waals surface area contributed by atoms with Crippen molar-refractivity contribution in [1.29, 1.82) is 0 Å². The van der Waals surface area contributed by atoms with Crippen LogP contribution in [0.4, 0.5) is 17.1 Å². The monoisotopic (exact) mass is 378 g/mol. The van der Waals surface area contributed by atoms with Gasteiger partial charge in [-0.05, 0) is 86.4 Å². The van der Waals surface area contributed by atoms with Gasteiger partial charge in [0, 0.05) is 24.3 Å². The first-order valence-corrected chi connectivity index (χ1v) is 10.3. The number of nitrogens with one attached hydrogen (secondary N) is 1. The molecule has 28 heavy (non-hydrogen) atoms. The SMILES string of the molecule is Cc1ccc2c(c1)OCCCN2c1cc(C)c(NC(=O)CC2(C)CC2)c(C)c1. The summed E-state index contributed by atoms with van der Waals surface area (Å²) in [6.45, 7) is 10.1. The number of benzene rings is 2. The van der Waals surface area contributed by atoms with Crippen LogP contribution in [0.25, 0.3) is 0 Å². The van der Waals surface area contributed by atoms with Crippen LogP contribution in [0.2, 0.25) is 0 Å². The van der Waals surface area contributed by atoms with E-state index in [9.17, 15) is 4.79 Å². The van der Waals surface area contributed by atoms with E-state index in [4.69, 9.17) is 4.74 Å². The summed E-state index contributed by atoms with van der Waals surface area (Å²) in [4.78, 5) is 14.8. The Morgan fingerprint density at radius 2 is 1.86 bits per heavy atom. The Hall–Kier alpha value is -2.49. The Balaban J connectivity index is 1.62. The number of carbonyl (C=O) groups excluding carboxylic acids is 1. The normalized spacial score (nSPS) is 17.4. The van der Waals surface area contributed by atoms with Gasteiger partial charge in [0.25, 0.3) is 0 Å². The van der Waals surface area contributed by atoms with Crippen LogP contribution >= 0.6 is 0 Å². The van der Waals surface area contributed by atoms with Crippen molar-refractivity contribution in [2.75, 3.05) is 23.4 Å². The molecule has 2 aromatic carbocycles. The highest BCUT2D eigenvalue weighted by atomic mass is 16.5. The van der Waals surface area contributed by atoms with Gasteiger partial charge in [-0.1, -0.05) is 13.0 Å². The predicted octanol–water partition coefficient (Wildman–Crippen LogP) is 5.66. The molecule has 4 rings (SSSR count). The van der Waals surface area contributed by atoms with E-state index < -0.39 is 0 Å². The smallest absolute Gasteiger partial charge is 0.224 e. The zero-order valence-corrected chi connectivity index (χ0v) is 17.4. The maximum Gasteiger partial charge on any atom is 0.224 e. The van der Waals surface area contributed by atoms with Gasteiger partial charge in [0.05, 0.1) is 12.3 Å². The number of carbonyl (C=O) groups is 1. The van der Waals surface area contributed by atoms with E-state index in [1.165, 1.54) is 5.56 Å². The molecule has 0 spiro atoms. The molecule has 2 aliphatic rings. The van der Waals surface area contributed by atoms with Crippen LogP contribution < -0.4 is 15.0 Å². The molecule has 1 heterocycles. The van der Waals surface area contributed by atoms with Gasteiger partial charge in [-0.2, -0.15) is 0 Å². The predicted molar refractivity (Wildman–Crippen MR) is 115 cm³/mol. The molecule has 1 aliphatic carbocycles. The van der Waals surface area contributed by atoms with Crippen molar-refractivity contribution in [3.63, 3.8) is 0 Å². The van der Waals surface area contributed by atoms with Crippen molar-refractivity contribution in [3.05, 3.63) is 47.0 Å². The Morgan fingerprint density at radius 3 is 2.54 bits per heavy atom. The van der Waals surface area contributed by atoms with Gasteiger partial charge in [0.15, 0.2) is 0 Å². The fraction of sp³-hybridized carbons (Fsp3) is 0.458. The van der Waals surface area contributed by atoms with Gasteiger partial charge in [0.1, 0.15) is 5.75 Å². The quantitative estimate of drug-likeness (QED) is 0.746. The van der Waals surface area contributed by atoms with Crippen molar-refractivity contribution >= 4 is 23.0 Å². The Bertz CT molecular complexity index is 892. The number of aryl methyl sites for hydroxylation is 3. The molecule has 0 aromatic heterocycles. The molecule has 1 saturated carbocycles. The number of nitrogens with zero attached hydrogens (tertiary/aromatic N) is 1. The number of hydrogen-bond donors (Lipinski definition) is 1. The van der Waals surface area contributed by atoms with Crippen LogP contribution in [-0.4, -0.2) is 19.1 Å². The third-order valence-corrected chi connectivity index (χ3v) is 5.97. The molecular weight excluding hydrogens is 348 g/mol. The molecule has 1 N–H and O–H groups in total. The average Bonchev–Trinajstić information content (AvgIpc) is 3.39. The lowest BCUT2D eigenvalue weighted by Crippen LogP contribution is -2.20. The largest absolute Gasteiger partial charge is 0.491 e. The Morgan fingerprint density at radius 1 is 1.14 bits per heavy atom. The Kier molecular flexibility index (Phi) is 4.82. The average molecular weight is 379 g/mol. The number of ether oxygens (including phenoxy) is 1. The molecule has 4 heteroatoms. The summed E-state index contributed by atoms with van der Waals surface area (Å²) >= 11 is 0. The number of fused-ring (bicyclic) bond motifs is 1. The summed E-state index contributed by atoms with van der Waals surface area (Å²) < 4.78 is 5.97. The molecule has 1 fully saturated rings. The molecular formula is C24H30N2O2. The summed E-state index contributed by atoms with van der Waals surface area (Å²) in [5.41, 5.74) is 6.84. The summed E-state index contributed by atoms with van der Waals surface area (Å²) in [7, 11) is 0. The molecule has 0 radical (unpaired) electrons. The highest BCUT2D eigenvalue weighted by Crippen LogP contribution is 2.48. The van der Waals surface area contributed by atoms with Gasteiger partial charge in [-0.3, -0.25) is 4.79 Å². The molecule has 0 bridgehead atoms. The van der Waals surface area contributed by atoms with Crippen LogP contribution in [-0.2, 0) is 4.79 Å². The van der Waals surface area contributed by atoms with Gasteiger partial charge in [-0.25, -0.2) is 0 Å². The molecule has 0 saturated heterocycles. The van der Waals surface area contributed by atoms with Gasteiger partial charge < -0.3 is 15.0 Å². The van der Waals surface area contributed by atoms with Crippen molar-refractivity contribution < 1.29 is 9.53 Å². The second kappa shape index (κ2) is 7.16. The third kappa shape index (κ3) is 3.87. The van der Waals surface area contributed by atoms with E-state index in [1.807, 2.05) is 0 Å². The first kappa shape index (κ1) is 18.9. The lowest BCUT2D eigenvalue weighted by atomic mass is 10.0. The van der Waals surface area contributed by atoms with Crippen molar-refractivity contribution in [2.24, 2.45) is 5.41 Å². The molecule has 0 atom stereocenters. The molecule has 0 unspecified atom stereocenters. The fourth-order valence-electron chi connectivity index (χ4n) is 4.01. The van der Waals surface area contributed by atoms with Crippen molar-refractivity contribution in [3.8, 4) is 5.75 Å². The molecule has 148 valence electrons. The van der Waals surface area contributed by atoms with E-state index in [0.29, 0.717) is 6.42 Å². The van der Waals surface area contributed by atoms with Crippen molar-refractivity contribution in [2.45, 2.75) is 53.4 Å². The lowest BCUT2D eigenvalue weighted by molar-refractivity contribution is -0.117. The minimum atomic E-state index is 0.128. The van der Waals surface area contributed by atoms with Crippen molar-refractivity contribution in [1.82, 2.24) is 0 Å². The Labute approximate surface area is 167 Å². The number of hydrogen-bond acceptors (Lipinski definition) is 3. The lowest BCUT2D eigenvalue weighted by Gasteiger charge is -2.26. The third-order valence-electron chi connectivity index (χ3n) is 5.97. The second-order valence-electron chi connectivity index (χ2n) is 8.82. The van der Waals surface area contributed by atoms with Crippen LogP contribution in [0.3, 0.4) is 0 Å². The first-order valence-electron chi connectivity index (χ1n) is 10.3. The summed E-state index contributed by atoms with van der Waals surface area (Å²) in [6.07, 6.45) is 3.91. The summed E-state index contributed by atoms with van der Waals surface area (Å²) in [5, 5.41) is 3.16. The summed E-state index contributed by atoms with van der Waals surface area (Å²) in [5.74, 6) is 1.07. The maximum absolute atomic E-state index is 12.5. The minimum Gasteiger partial charge on any atom is -0.491 e. The first-order chi connectivity index (χ1) is 13.3. The van der Waals surface area contributed by atoms with E-state index in [-0.39, 0.29) is 11.3 Å². The fourth-order valence-corrected chi connectivity index (χ4v) is 4.01. The van der Waals surface area contributed by atoms with Crippen LogP contribution in [0, 0.1) is 26.2 Å². The van der Waals surface area contributed by atoms with Gasteiger partial charge in [0.2, 0.25) is 5.91 Å². The van der Waals surface area contributed by atoms with E-state index in [0.717, 1.165) is 66.4 Å². The molecule has 1 aliphatic heterocycles. The van der Waals surface area contributed by atoms with Gasteiger partial charge >= 0.3 is 0 Å². The van der Waals surface area contributed by atoms with Crippen LogP contribution in [0.1, 0.15) is 49.3 Å². The zero-order valence-electron chi connectivity index (χ0n) is 17.4.